The molecule has 5 aromatic carbocycles. The van der Waals surface area contributed by atoms with Gasteiger partial charge in [-0.15, -0.1) is 0 Å². The van der Waals surface area contributed by atoms with Crippen LogP contribution in [0.25, 0.3) is 32.7 Å². The molecule has 26 nitrogen and oxygen atoms in total. The molecule has 6 aliphatic rings. The molecule has 512 valence electrons. The van der Waals surface area contributed by atoms with Crippen LogP contribution in [-0.2, 0) is 25.2 Å². The number of hydrogen-bond acceptors (Lipinski definition) is 20. The van der Waals surface area contributed by atoms with Crippen LogP contribution in [0.1, 0.15) is 137 Å². The summed E-state index contributed by atoms with van der Waals surface area (Å²) in [6, 6.07) is 29.5. The normalized spacial score (nSPS) is 15.6. The lowest BCUT2D eigenvalue weighted by Crippen LogP contribution is -2.48. The zero-order valence-electron chi connectivity index (χ0n) is 54.6. The summed E-state index contributed by atoms with van der Waals surface area (Å²) in [6.45, 7) is 10.7. The van der Waals surface area contributed by atoms with Gasteiger partial charge in [0.15, 0.2) is 0 Å². The fraction of sp³-hybridized carbons (Fsp3) is 0.418. The number of carbonyl (C=O) groups excluding carboxylic acids is 1. The van der Waals surface area contributed by atoms with Crippen molar-refractivity contribution in [2.45, 2.75) is 103 Å². The number of fused-ring (bicyclic) bond motifs is 3. The van der Waals surface area contributed by atoms with E-state index in [2.05, 4.69) is 88.5 Å². The number of nitriles is 1. The van der Waals surface area contributed by atoms with E-state index >= 15 is 0 Å². The van der Waals surface area contributed by atoms with E-state index in [1.165, 1.54) is 70.3 Å². The first-order valence-electron chi connectivity index (χ1n) is 31.5. The molecule has 0 bridgehead atoms. The highest BCUT2D eigenvalue weighted by molar-refractivity contribution is 7.87. The SMILES string of the molecule is COC(=O)c1ccc(OC)cc1N.COc1ccc(C(=O)O)c(N)c1.Cc1ccc2c(=O)[nH]c(C3CC3)nc2c1.Cc1ccc2c(Cl)nc(C3CC3)nc2c1.Cc1ccc2c(N3CC(CCNS(N)(=O)=O)C3)nc(C3CC3)nc2c1.N#CC1CC1.NS(=O)(=O)NCCC1CNC1. The maximum Gasteiger partial charge on any atom is 0.339 e. The van der Waals surface area contributed by atoms with Crippen molar-refractivity contribution in [3.05, 3.63) is 152 Å². The van der Waals surface area contributed by atoms with E-state index in [4.69, 9.17) is 63.2 Å². The number of halogens is 1. The predicted octanol–water partition coefficient (Wildman–Crippen LogP) is 8.36. The molecule has 96 heavy (non-hydrogen) atoms. The summed E-state index contributed by atoms with van der Waals surface area (Å²) < 4.78 is 61.5. The summed E-state index contributed by atoms with van der Waals surface area (Å²) in [4.78, 5) is 61.5. The Bertz CT molecular complexity index is 4400. The number of nitrogen functional groups attached to an aromatic ring is 2. The predicted molar refractivity (Wildman–Crippen MR) is 372 cm³/mol. The standard InChI is InChI=1S/C17H23N5O2S.C12H11ClN2.C12H12N2O.C9H11NO3.C8H9NO3.C5H13N3O2S.C4H5N/c1-11-2-5-14-15(8-11)20-16(13-3-4-13)21-17(14)22-9-12(10-22)6-7-19-25(18,23)24;1-7-2-5-9-10(6-7)14-12(8-3-4-8)15-11(9)13;1-7-2-5-9-10(6-7)13-11(8-3-4-8)14-12(9)15;1-12-6-3-4-7(8(10)5-6)9(11)13-2;1-12-5-2-3-6(8(10)11)7(9)4-5;6-11(9,10)8-2-1-5-3-7-4-5;5-3-4-1-2-4/h2,5,8,12-13,19H,3-4,6-7,9-10H2,1H3,(H2,18,23,24);2,5-6,8H,3-4H2,1H3;2,5-6,8H,3-4H2,1H3,(H,13,14,15);3-5H,10H2,1-2H3;2-4H,9H2,1H3,(H,10,11);5,7-8H,1-4H2,(H2,6,9,10);4H,1-2H2. The Balaban J connectivity index is 0.000000149. The molecule has 0 unspecified atom stereocenters. The Hall–Kier alpha value is -8.66. The van der Waals surface area contributed by atoms with E-state index in [9.17, 15) is 31.2 Å². The monoisotopic (exact) mass is 1370 g/mol. The number of nitrogens with one attached hydrogen (secondary N) is 4. The number of nitrogens with zero attached hydrogens (tertiary/aromatic N) is 7. The number of carboxylic acids is 1. The molecular weight excluding hydrogens is 1290 g/mol. The number of aryl methyl sites for hydroxylation is 3. The minimum Gasteiger partial charge on any atom is -0.497 e. The van der Waals surface area contributed by atoms with Crippen LogP contribution in [0.15, 0.2) is 95.8 Å². The molecular formula is C67H84ClN15O11S2. The zero-order valence-corrected chi connectivity index (χ0v) is 57.0. The van der Waals surface area contributed by atoms with Crippen LogP contribution < -0.4 is 56.4 Å². The van der Waals surface area contributed by atoms with E-state index in [-0.39, 0.29) is 16.8 Å². The van der Waals surface area contributed by atoms with Crippen molar-refractivity contribution in [1.82, 2.24) is 44.7 Å². The smallest absolute Gasteiger partial charge is 0.339 e. The van der Waals surface area contributed by atoms with Crippen molar-refractivity contribution in [3.63, 3.8) is 0 Å². The second kappa shape index (κ2) is 33.3. The molecule has 2 saturated heterocycles. The molecule has 0 spiro atoms. The quantitative estimate of drug-likeness (QED) is 0.0249. The number of aromatic nitrogens is 6. The van der Waals surface area contributed by atoms with Gasteiger partial charge >= 0.3 is 11.9 Å². The molecule has 8 aromatic rings. The fourth-order valence-corrected chi connectivity index (χ4v) is 10.9. The molecule has 3 aromatic heterocycles. The summed E-state index contributed by atoms with van der Waals surface area (Å²) in [5.41, 5.74) is 18.4. The van der Waals surface area contributed by atoms with Gasteiger partial charge in [0.05, 0.1) is 60.5 Å². The number of ether oxygens (including phenoxy) is 3. The summed E-state index contributed by atoms with van der Waals surface area (Å²) in [7, 11) is -2.73. The third-order valence-electron chi connectivity index (χ3n) is 16.1. The molecule has 14 rings (SSSR count). The van der Waals surface area contributed by atoms with Gasteiger partial charge in [-0.25, -0.2) is 54.2 Å². The number of esters is 1. The van der Waals surface area contributed by atoms with Crippen molar-refractivity contribution >= 4 is 93.9 Å². The highest BCUT2D eigenvalue weighted by Gasteiger charge is 2.33. The Morgan fingerprint density at radius 3 is 1.53 bits per heavy atom. The largest absolute Gasteiger partial charge is 0.497 e. The van der Waals surface area contributed by atoms with Gasteiger partial charge in [-0.1, -0.05) is 29.8 Å². The van der Waals surface area contributed by atoms with Gasteiger partial charge in [0.25, 0.3) is 26.0 Å². The number of anilines is 3. The van der Waals surface area contributed by atoms with Crippen LogP contribution in [0.5, 0.6) is 11.5 Å². The second-order valence-corrected chi connectivity index (χ2v) is 27.6. The number of aromatic amines is 1. The number of H-pyrrole nitrogens is 1. The van der Waals surface area contributed by atoms with Crippen molar-refractivity contribution in [3.8, 4) is 17.6 Å². The number of hydrogen-bond donors (Lipinski definition) is 9. The van der Waals surface area contributed by atoms with Gasteiger partial charge in [-0.05, 0) is 187 Å². The molecule has 2 aliphatic heterocycles. The van der Waals surface area contributed by atoms with Crippen LogP contribution in [-0.4, -0.2) is 124 Å². The molecule has 0 radical (unpaired) electrons. The molecule has 0 amide bonds. The Labute approximate surface area is 563 Å². The summed E-state index contributed by atoms with van der Waals surface area (Å²) in [5.74, 6) is 6.51. The lowest BCUT2D eigenvalue weighted by Gasteiger charge is -2.41. The number of methoxy groups -OCH3 is 3. The Kier molecular flexibility index (Phi) is 25.4. The number of carbonyl (C=O) groups is 2. The summed E-state index contributed by atoms with van der Waals surface area (Å²) in [5, 5.41) is 32.7. The average molecular weight is 1380 g/mol. The summed E-state index contributed by atoms with van der Waals surface area (Å²) in [6.07, 6.45) is 11.0. The van der Waals surface area contributed by atoms with Crippen molar-refractivity contribution in [2.24, 2.45) is 28.0 Å². The number of nitrogens with two attached hydrogens (primary N) is 4. The maximum atomic E-state index is 11.7. The van der Waals surface area contributed by atoms with Crippen molar-refractivity contribution < 1.29 is 45.7 Å². The third-order valence-corrected chi connectivity index (χ3v) is 17.7. The maximum absolute atomic E-state index is 11.7. The minimum atomic E-state index is -3.59. The minimum absolute atomic E-state index is 0.0121. The van der Waals surface area contributed by atoms with Crippen LogP contribution in [0.2, 0.25) is 5.15 Å². The summed E-state index contributed by atoms with van der Waals surface area (Å²) >= 11 is 6.14. The van der Waals surface area contributed by atoms with Gasteiger partial charge < -0.3 is 46.0 Å². The van der Waals surface area contributed by atoms with E-state index in [0.29, 0.717) is 81.9 Å². The van der Waals surface area contributed by atoms with Crippen LogP contribution in [0.4, 0.5) is 17.2 Å². The molecule has 29 heteroatoms. The molecule has 4 saturated carbocycles. The number of carboxylic acid groups (broad SMARTS) is 1. The Morgan fingerprint density at radius 2 is 1.10 bits per heavy atom. The zero-order chi connectivity index (χ0) is 69.4. The van der Waals surface area contributed by atoms with Crippen LogP contribution in [0.3, 0.4) is 0 Å². The van der Waals surface area contributed by atoms with Crippen molar-refractivity contribution in [1.29, 1.82) is 5.26 Å². The van der Waals surface area contributed by atoms with Gasteiger partial charge in [-0.3, -0.25) is 4.79 Å². The fourth-order valence-electron chi connectivity index (χ4n) is 9.89. The van der Waals surface area contributed by atoms with Gasteiger partial charge in [0.2, 0.25) is 0 Å². The number of benzene rings is 5. The Morgan fingerprint density at radius 1 is 0.635 bits per heavy atom. The van der Waals surface area contributed by atoms with Gasteiger partial charge in [-0.2, -0.15) is 22.1 Å². The number of rotatable bonds is 16. The lowest BCUT2D eigenvalue weighted by molar-refractivity contribution is 0.0600. The molecule has 4 aliphatic carbocycles. The third kappa shape index (κ3) is 22.5. The molecule has 6 fully saturated rings. The second-order valence-electron chi connectivity index (χ2n) is 24.5. The lowest BCUT2D eigenvalue weighted by atomic mass is 9.96. The van der Waals surface area contributed by atoms with Crippen LogP contribution >= 0.6 is 11.6 Å². The topological polar surface area (TPSA) is 415 Å². The van der Waals surface area contributed by atoms with Crippen LogP contribution in [0, 0.1) is 49.9 Å². The average Bonchev–Trinajstić information content (AvgIpc) is 0.956. The van der Waals surface area contributed by atoms with E-state index in [1.807, 2.05) is 37.3 Å². The molecule has 5 heterocycles. The first-order chi connectivity index (χ1) is 45.7. The van der Waals surface area contributed by atoms with E-state index in [1.54, 1.807) is 24.3 Å². The number of aromatic carboxylic acids is 1. The highest BCUT2D eigenvalue weighted by atomic mass is 35.5. The van der Waals surface area contributed by atoms with E-state index in [0.717, 1.165) is 121 Å². The van der Waals surface area contributed by atoms with E-state index < -0.39 is 32.4 Å². The first kappa shape index (κ1) is 73.2. The first-order valence-corrected chi connectivity index (χ1v) is 35.0. The van der Waals surface area contributed by atoms with Gasteiger partial charge in [0.1, 0.15) is 39.9 Å². The molecule has 13 N–H and O–H groups in total. The molecule has 0 atom stereocenters. The van der Waals surface area contributed by atoms with Gasteiger partial charge in [0, 0.05) is 84.1 Å². The van der Waals surface area contributed by atoms with Crippen molar-refractivity contribution in [2.75, 3.05) is 77.0 Å². The highest BCUT2D eigenvalue weighted by Crippen LogP contribution is 2.42.